The van der Waals surface area contributed by atoms with Crippen LogP contribution in [0.5, 0.6) is 46.0 Å². The van der Waals surface area contributed by atoms with Gasteiger partial charge in [-0.2, -0.15) is 0 Å². The van der Waals surface area contributed by atoms with Gasteiger partial charge in [0, 0.05) is 62.7 Å². The summed E-state index contributed by atoms with van der Waals surface area (Å²) in [7, 11) is 0. The maximum Gasteiger partial charge on any atom is 0.261 e. The van der Waals surface area contributed by atoms with Crippen molar-refractivity contribution in [2.75, 3.05) is 19.6 Å². The summed E-state index contributed by atoms with van der Waals surface area (Å²) in [5, 5.41) is 3.58. The van der Waals surface area contributed by atoms with Crippen LogP contribution in [0.3, 0.4) is 0 Å². The lowest BCUT2D eigenvalue weighted by Gasteiger charge is -2.32. The average Bonchev–Trinajstić information content (AvgIpc) is 0.688. The van der Waals surface area contributed by atoms with Crippen molar-refractivity contribution < 1.29 is 38.1 Å². The van der Waals surface area contributed by atoms with Crippen LogP contribution in [0.2, 0.25) is 0 Å². The van der Waals surface area contributed by atoms with Gasteiger partial charge in [0.2, 0.25) is 0 Å². The Morgan fingerprint density at radius 1 is 0.329 bits per heavy atom. The van der Waals surface area contributed by atoms with Crippen molar-refractivity contribution in [3.63, 3.8) is 0 Å². The molecule has 2 aliphatic rings. The van der Waals surface area contributed by atoms with Gasteiger partial charge in [0.1, 0.15) is 46.0 Å². The first-order valence-corrected chi connectivity index (χ1v) is 30.2. The number of hydrogen-bond acceptors (Lipinski definition) is 9. The van der Waals surface area contributed by atoms with Crippen molar-refractivity contribution in [3.05, 3.63) is 166 Å². The van der Waals surface area contributed by atoms with Crippen molar-refractivity contribution >= 4 is 66.7 Å². The van der Waals surface area contributed by atoms with Crippen LogP contribution in [-0.2, 0) is 21.7 Å². The molecule has 4 amide bonds. The smallest absolute Gasteiger partial charge is 0.261 e. The van der Waals surface area contributed by atoms with Crippen LogP contribution in [0.15, 0.2) is 121 Å². The third-order valence-electron chi connectivity index (χ3n) is 16.9. The Bertz CT molecular complexity index is 3850. The molecular weight excluding hydrogens is 1060 g/mol. The first-order chi connectivity index (χ1) is 40.3. The van der Waals surface area contributed by atoms with E-state index in [9.17, 15) is 0 Å². The molecule has 9 aromatic carbocycles. The van der Waals surface area contributed by atoms with Gasteiger partial charge in [-0.15, -0.1) is 0 Å². The van der Waals surface area contributed by atoms with Crippen molar-refractivity contribution in [3.8, 4) is 46.0 Å². The number of rotatable bonds is 17. The number of amides is 4. The highest BCUT2D eigenvalue weighted by Crippen LogP contribution is 2.58. The minimum atomic E-state index is -0.539. The zero-order chi connectivity index (χ0) is 60.7. The number of nitrogens with zero attached hydrogens (tertiary/aromatic N) is 2. The van der Waals surface area contributed by atoms with Crippen LogP contribution in [0, 0.1) is 0 Å². The summed E-state index contributed by atoms with van der Waals surface area (Å²) in [5.41, 5.74) is 10.9. The number of nitrogens with two attached hydrogens (primary N) is 1. The van der Waals surface area contributed by atoms with Crippen LogP contribution in [0.25, 0.3) is 43.1 Å². The van der Waals surface area contributed by atoms with E-state index in [1.165, 1.54) is 9.80 Å². The third kappa shape index (κ3) is 10.9. The number of benzene rings is 9. The molecule has 0 aliphatic carbocycles. The molecule has 0 atom stereocenters. The molecule has 0 unspecified atom stereocenters. The molecule has 2 N–H and O–H groups in total. The summed E-state index contributed by atoms with van der Waals surface area (Å²) in [6.07, 6.45) is 5.79. The summed E-state index contributed by atoms with van der Waals surface area (Å²) in [5.74, 6) is 1.07. The zero-order valence-corrected chi connectivity index (χ0v) is 51.6. The Hall–Kier alpha value is -8.28. The fourth-order valence-electron chi connectivity index (χ4n) is 12.1. The molecule has 2 heterocycles. The molecule has 0 saturated carbocycles. The van der Waals surface area contributed by atoms with Crippen LogP contribution in [0.1, 0.15) is 192 Å². The standard InChI is InChI=1S/C74H79N3O8/c1-14-15-16-17-18-19-37-76-67(78)51-39-55(82-47-28-20-43(21-29-47)71(2,3)4)61-63-57(84-49-32-24-45(25-33-49)73(8,9)10)41-53-60-54(70(81)77(38-36-75)69(53)80)42-58(85-50-34-26-46(27-35-50)74(11,12)13)64(66(60)63)62-56(40-52(68(76)79)59(51)65(61)62)83-48-30-22-44(23-31-48)72(5,6)7/h20-35,39-42H,14-19,36-38,75H2,1-13H3. The van der Waals surface area contributed by atoms with Gasteiger partial charge in [-0.25, -0.2) is 0 Å². The van der Waals surface area contributed by atoms with E-state index in [0.29, 0.717) is 72.5 Å². The molecule has 0 radical (unpaired) electrons. The van der Waals surface area contributed by atoms with Crippen molar-refractivity contribution in [1.29, 1.82) is 0 Å². The molecule has 438 valence electrons. The molecule has 2 aliphatic heterocycles. The summed E-state index contributed by atoms with van der Waals surface area (Å²) < 4.78 is 28.9. The minimum Gasteiger partial charge on any atom is -0.457 e. The maximum absolute atomic E-state index is 15.6. The number of imide groups is 2. The van der Waals surface area contributed by atoms with E-state index < -0.39 is 23.6 Å². The first-order valence-electron chi connectivity index (χ1n) is 30.2. The van der Waals surface area contributed by atoms with E-state index in [-0.39, 0.29) is 86.5 Å². The molecule has 0 aromatic heterocycles. The number of carbonyl (C=O) groups is 4. The van der Waals surface area contributed by atoms with Gasteiger partial charge < -0.3 is 24.7 Å². The number of hydrogen-bond donors (Lipinski definition) is 1. The predicted molar refractivity (Wildman–Crippen MR) is 342 cm³/mol. The monoisotopic (exact) mass is 1140 g/mol. The van der Waals surface area contributed by atoms with Gasteiger partial charge in [0.05, 0.1) is 22.3 Å². The topological polar surface area (TPSA) is 138 Å². The van der Waals surface area contributed by atoms with Gasteiger partial charge in [-0.05, 0) is 123 Å². The largest absolute Gasteiger partial charge is 0.457 e. The maximum atomic E-state index is 15.6. The lowest BCUT2D eigenvalue weighted by Crippen LogP contribution is -2.43. The molecule has 11 nitrogen and oxygen atoms in total. The molecule has 0 saturated heterocycles. The zero-order valence-electron chi connectivity index (χ0n) is 51.6. The van der Waals surface area contributed by atoms with Gasteiger partial charge >= 0.3 is 0 Å². The lowest BCUT2D eigenvalue weighted by molar-refractivity contribution is 0.0595. The summed E-state index contributed by atoms with van der Waals surface area (Å²) >= 11 is 0. The van der Waals surface area contributed by atoms with Crippen LogP contribution in [0.4, 0.5) is 0 Å². The Balaban J connectivity index is 1.32. The van der Waals surface area contributed by atoms with Gasteiger partial charge in [0.25, 0.3) is 23.6 Å². The second-order valence-corrected chi connectivity index (χ2v) is 27.3. The molecule has 11 heteroatoms. The number of unbranched alkanes of at least 4 members (excludes halogenated alkanes) is 5. The van der Waals surface area contributed by atoms with Crippen LogP contribution >= 0.6 is 0 Å². The first kappa shape index (κ1) is 58.5. The SMILES string of the molecule is CCCCCCCCN1C(=O)c2cc(Oc3ccc(C(C)(C)C)cc3)c3c4c(Oc5ccc(C(C)(C)C)cc5)cc5c6c(cc(Oc7ccc(C(C)(C)C)cc7)c(c7c(Oc8ccc(C(C)(C)C)cc8)cc(c2c37)C1=O)c64)C(=O)N(CCN)C5=O. The third-order valence-corrected chi connectivity index (χ3v) is 16.9. The van der Waals surface area contributed by atoms with Crippen LogP contribution < -0.4 is 24.7 Å². The minimum absolute atomic E-state index is 0.0296. The molecule has 0 spiro atoms. The number of ether oxygens (including phenoxy) is 4. The number of carbonyl (C=O) groups excluding carboxylic acids is 4. The fraction of sp³-hybridized carbons (Fsp3) is 0.351. The highest BCUT2D eigenvalue weighted by molar-refractivity contribution is 6.44. The van der Waals surface area contributed by atoms with E-state index >= 15 is 19.2 Å². The van der Waals surface area contributed by atoms with Gasteiger partial charge in [0.15, 0.2) is 0 Å². The molecule has 0 bridgehead atoms. The average molecular weight is 1140 g/mol. The Morgan fingerprint density at radius 2 is 0.576 bits per heavy atom. The fourth-order valence-corrected chi connectivity index (χ4v) is 12.1. The Kier molecular flexibility index (Phi) is 15.1. The second kappa shape index (κ2) is 22.0. The van der Waals surface area contributed by atoms with E-state index in [0.717, 1.165) is 54.4 Å². The molecule has 9 aromatic rings. The molecule has 11 rings (SSSR count). The lowest BCUT2D eigenvalue weighted by atomic mass is 9.80. The van der Waals surface area contributed by atoms with Crippen molar-refractivity contribution in [2.24, 2.45) is 5.73 Å². The summed E-state index contributed by atoms with van der Waals surface area (Å²) in [6.45, 7) is 28.2. The molecule has 85 heavy (non-hydrogen) atoms. The quantitative estimate of drug-likeness (QED) is 0.0409. The second-order valence-electron chi connectivity index (χ2n) is 27.3. The Labute approximate surface area is 499 Å². The van der Waals surface area contributed by atoms with E-state index in [4.69, 9.17) is 24.7 Å². The highest BCUT2D eigenvalue weighted by Gasteiger charge is 2.41. The highest BCUT2D eigenvalue weighted by atomic mass is 16.5. The van der Waals surface area contributed by atoms with Gasteiger partial charge in [-0.1, -0.05) is 171 Å². The van der Waals surface area contributed by atoms with Crippen molar-refractivity contribution in [2.45, 2.75) is 150 Å². The van der Waals surface area contributed by atoms with Gasteiger partial charge in [-0.3, -0.25) is 29.0 Å². The molecular formula is C74H79N3O8. The van der Waals surface area contributed by atoms with E-state index in [1.807, 2.05) is 97.1 Å². The Morgan fingerprint density at radius 3 is 0.824 bits per heavy atom. The number of fused-ring (bicyclic) bond motifs is 2. The predicted octanol–water partition coefficient (Wildman–Crippen LogP) is 18.6. The van der Waals surface area contributed by atoms with E-state index in [2.05, 4.69) is 90.0 Å². The van der Waals surface area contributed by atoms with E-state index in [1.54, 1.807) is 24.3 Å². The van der Waals surface area contributed by atoms with Crippen LogP contribution in [-0.4, -0.2) is 53.1 Å². The molecule has 0 fully saturated rings. The summed E-state index contributed by atoms with van der Waals surface area (Å²) in [6, 6.07) is 38.5. The van der Waals surface area contributed by atoms with Crippen molar-refractivity contribution in [1.82, 2.24) is 9.80 Å². The summed E-state index contributed by atoms with van der Waals surface area (Å²) in [4.78, 5) is 64.2. The normalized spacial score (nSPS) is 14.0.